The Bertz CT molecular complexity index is 974. The minimum absolute atomic E-state index is 0.242. The van der Waals surface area contributed by atoms with Crippen LogP contribution in [0.2, 0.25) is 0 Å². The fourth-order valence-electron chi connectivity index (χ4n) is 2.85. The quantitative estimate of drug-likeness (QED) is 0.474. The molecule has 3 rings (SSSR count). The van der Waals surface area contributed by atoms with Crippen LogP contribution in [0.3, 0.4) is 0 Å². The average molecular weight is 410 g/mol. The van der Waals surface area contributed by atoms with Crippen molar-refractivity contribution >= 4 is 18.7 Å². The molecule has 7 nitrogen and oxygen atoms in total. The van der Waals surface area contributed by atoms with E-state index in [2.05, 4.69) is 30.7 Å². The number of aromatic nitrogens is 2. The monoisotopic (exact) mass is 410 g/mol. The standard InChI is InChI=1S/C19H21FN2O.H3O4P/c1-4-5-15-10-21-19(18-17(15)12(2)13(3)22-18)23-11-14-6-8-16(20)9-7-14;1-5(2,3)4/h6-10,22H,4-5,11H2,1-3H3;(H3,1,2,3,4). The van der Waals surface area contributed by atoms with Gasteiger partial charge in [-0.15, -0.1) is 0 Å². The van der Waals surface area contributed by atoms with E-state index in [9.17, 15) is 4.39 Å². The second kappa shape index (κ2) is 9.30. The molecule has 0 fully saturated rings. The molecule has 2 aromatic heterocycles. The first-order valence-corrected chi connectivity index (χ1v) is 10.3. The number of hydrogen-bond acceptors (Lipinski definition) is 3. The predicted molar refractivity (Wildman–Crippen MR) is 105 cm³/mol. The van der Waals surface area contributed by atoms with Crippen molar-refractivity contribution in [1.82, 2.24) is 9.97 Å². The summed E-state index contributed by atoms with van der Waals surface area (Å²) in [5.41, 5.74) is 5.50. The smallest absolute Gasteiger partial charge is 0.466 e. The lowest BCUT2D eigenvalue weighted by Crippen LogP contribution is -1.99. The lowest BCUT2D eigenvalue weighted by atomic mass is 10.0. The molecule has 28 heavy (non-hydrogen) atoms. The van der Waals surface area contributed by atoms with Gasteiger partial charge in [-0.05, 0) is 49.1 Å². The number of hydrogen-bond donors (Lipinski definition) is 4. The van der Waals surface area contributed by atoms with Crippen molar-refractivity contribution in [2.75, 3.05) is 0 Å². The summed E-state index contributed by atoms with van der Waals surface area (Å²) in [5, 5.41) is 1.22. The topological polar surface area (TPSA) is 116 Å². The predicted octanol–water partition coefficient (Wildman–Crippen LogP) is 3.92. The SMILES string of the molecule is CCCc1cnc(OCc2ccc(F)cc2)c2[nH]c(C)c(C)c12.O=P(O)(O)O. The van der Waals surface area contributed by atoms with E-state index in [-0.39, 0.29) is 5.82 Å². The van der Waals surface area contributed by atoms with Gasteiger partial charge in [-0.2, -0.15) is 0 Å². The highest BCUT2D eigenvalue weighted by Crippen LogP contribution is 2.31. The Kier molecular flexibility index (Phi) is 7.32. The fraction of sp³-hybridized carbons (Fsp3) is 0.316. The van der Waals surface area contributed by atoms with E-state index in [1.54, 1.807) is 12.1 Å². The molecule has 2 heterocycles. The van der Waals surface area contributed by atoms with E-state index in [1.165, 1.54) is 28.6 Å². The molecule has 0 atom stereocenters. The molecular formula is C19H24FN2O5P. The zero-order chi connectivity index (χ0) is 20.9. The van der Waals surface area contributed by atoms with Crippen molar-refractivity contribution in [2.45, 2.75) is 40.2 Å². The summed E-state index contributed by atoms with van der Waals surface area (Å²) >= 11 is 0. The minimum atomic E-state index is -4.64. The van der Waals surface area contributed by atoms with Crippen molar-refractivity contribution in [2.24, 2.45) is 0 Å². The first-order valence-electron chi connectivity index (χ1n) is 8.72. The van der Waals surface area contributed by atoms with Crippen molar-refractivity contribution in [3.63, 3.8) is 0 Å². The highest BCUT2D eigenvalue weighted by atomic mass is 31.2. The van der Waals surface area contributed by atoms with Gasteiger partial charge in [0, 0.05) is 17.3 Å². The van der Waals surface area contributed by atoms with Gasteiger partial charge in [-0.1, -0.05) is 25.5 Å². The number of nitrogens with zero attached hydrogens (tertiary/aromatic N) is 1. The molecule has 0 amide bonds. The summed E-state index contributed by atoms with van der Waals surface area (Å²) in [4.78, 5) is 29.4. The zero-order valence-electron chi connectivity index (χ0n) is 15.9. The Labute approximate surface area is 162 Å². The van der Waals surface area contributed by atoms with Crippen LogP contribution in [-0.4, -0.2) is 24.6 Å². The summed E-state index contributed by atoms with van der Waals surface area (Å²) in [6.07, 6.45) is 3.99. The second-order valence-electron chi connectivity index (χ2n) is 6.39. The number of halogens is 1. The van der Waals surface area contributed by atoms with Gasteiger partial charge in [0.05, 0.1) is 0 Å². The maximum absolute atomic E-state index is 13.0. The van der Waals surface area contributed by atoms with Gasteiger partial charge in [0.15, 0.2) is 0 Å². The van der Waals surface area contributed by atoms with Crippen LogP contribution in [0.4, 0.5) is 4.39 Å². The largest absolute Gasteiger partial charge is 0.471 e. The molecule has 0 aliphatic heterocycles. The van der Waals surface area contributed by atoms with Crippen LogP contribution in [0.5, 0.6) is 5.88 Å². The lowest BCUT2D eigenvalue weighted by molar-refractivity contribution is 0.275. The van der Waals surface area contributed by atoms with E-state index in [0.717, 1.165) is 29.6 Å². The number of aryl methyl sites for hydroxylation is 3. The average Bonchev–Trinajstić information content (AvgIpc) is 2.90. The van der Waals surface area contributed by atoms with Crippen molar-refractivity contribution < 1.29 is 28.4 Å². The number of pyridine rings is 1. The van der Waals surface area contributed by atoms with E-state index in [0.29, 0.717) is 12.5 Å². The molecule has 0 unspecified atom stereocenters. The normalized spacial score (nSPS) is 11.2. The van der Waals surface area contributed by atoms with Crippen molar-refractivity contribution in [3.05, 3.63) is 58.7 Å². The number of rotatable bonds is 5. The Morgan fingerprint density at radius 2 is 1.79 bits per heavy atom. The first-order chi connectivity index (χ1) is 13.1. The molecule has 0 saturated heterocycles. The number of H-pyrrole nitrogens is 1. The van der Waals surface area contributed by atoms with Crippen LogP contribution in [0.15, 0.2) is 30.5 Å². The second-order valence-corrected chi connectivity index (χ2v) is 7.42. The van der Waals surface area contributed by atoms with Crippen LogP contribution in [0.1, 0.15) is 35.7 Å². The summed E-state index contributed by atoms with van der Waals surface area (Å²) in [5.74, 6) is 0.356. The van der Waals surface area contributed by atoms with Crippen molar-refractivity contribution in [1.29, 1.82) is 0 Å². The van der Waals surface area contributed by atoms with Gasteiger partial charge in [0.2, 0.25) is 5.88 Å². The van der Waals surface area contributed by atoms with E-state index >= 15 is 0 Å². The first kappa shape index (κ1) is 22.0. The molecule has 4 N–H and O–H groups in total. The lowest BCUT2D eigenvalue weighted by Gasteiger charge is -2.09. The van der Waals surface area contributed by atoms with Gasteiger partial charge in [-0.3, -0.25) is 0 Å². The Morgan fingerprint density at radius 3 is 2.36 bits per heavy atom. The minimum Gasteiger partial charge on any atom is -0.471 e. The van der Waals surface area contributed by atoms with Crippen LogP contribution in [-0.2, 0) is 17.6 Å². The number of fused-ring (bicyclic) bond motifs is 1. The van der Waals surface area contributed by atoms with Gasteiger partial charge in [-0.25, -0.2) is 13.9 Å². The van der Waals surface area contributed by atoms with Gasteiger partial charge < -0.3 is 24.4 Å². The maximum atomic E-state index is 13.0. The van der Waals surface area contributed by atoms with Crippen molar-refractivity contribution in [3.8, 4) is 5.88 Å². The molecule has 9 heteroatoms. The summed E-state index contributed by atoms with van der Waals surface area (Å²) in [7, 11) is -4.64. The third kappa shape index (κ3) is 6.14. The highest BCUT2D eigenvalue weighted by Gasteiger charge is 2.14. The molecule has 0 radical (unpaired) electrons. The fourth-order valence-corrected chi connectivity index (χ4v) is 2.85. The Balaban J connectivity index is 0.000000500. The molecule has 0 spiro atoms. The molecule has 3 aromatic rings. The van der Waals surface area contributed by atoms with E-state index in [1.807, 2.05) is 6.20 Å². The molecule has 152 valence electrons. The van der Waals surface area contributed by atoms with Gasteiger partial charge in [0.1, 0.15) is 17.9 Å². The molecule has 0 aliphatic rings. The third-order valence-electron chi connectivity index (χ3n) is 4.18. The van der Waals surface area contributed by atoms with E-state index in [4.69, 9.17) is 24.0 Å². The van der Waals surface area contributed by atoms with E-state index < -0.39 is 7.82 Å². The molecule has 0 aliphatic carbocycles. The molecule has 0 bridgehead atoms. The summed E-state index contributed by atoms with van der Waals surface area (Å²) in [6, 6.07) is 6.33. The van der Waals surface area contributed by atoms with Gasteiger partial charge in [0.25, 0.3) is 0 Å². The Morgan fingerprint density at radius 1 is 1.18 bits per heavy atom. The third-order valence-corrected chi connectivity index (χ3v) is 4.18. The molecule has 1 aromatic carbocycles. The van der Waals surface area contributed by atoms with Crippen LogP contribution in [0, 0.1) is 19.7 Å². The number of phosphoric acid groups is 1. The van der Waals surface area contributed by atoms with Gasteiger partial charge >= 0.3 is 7.82 Å². The number of benzene rings is 1. The molecule has 0 saturated carbocycles. The Hall–Kier alpha value is -2.25. The molecular weight excluding hydrogens is 386 g/mol. The summed E-state index contributed by atoms with van der Waals surface area (Å²) < 4.78 is 27.7. The van der Waals surface area contributed by atoms with Crippen LogP contribution >= 0.6 is 7.82 Å². The number of aromatic amines is 1. The maximum Gasteiger partial charge on any atom is 0.466 e. The summed E-state index contributed by atoms with van der Waals surface area (Å²) in [6.45, 7) is 6.72. The highest BCUT2D eigenvalue weighted by molar-refractivity contribution is 7.45. The number of nitrogens with one attached hydrogen (secondary N) is 1. The zero-order valence-corrected chi connectivity index (χ0v) is 16.8. The van der Waals surface area contributed by atoms with Crippen LogP contribution in [0.25, 0.3) is 10.9 Å². The van der Waals surface area contributed by atoms with Crippen LogP contribution < -0.4 is 4.74 Å². The number of ether oxygens (including phenoxy) is 1.